The van der Waals surface area contributed by atoms with Gasteiger partial charge in [0, 0.05) is 28.8 Å². The Hall–Kier alpha value is -3.22. The van der Waals surface area contributed by atoms with Crippen molar-refractivity contribution >= 4 is 34.9 Å². The lowest BCUT2D eigenvalue weighted by molar-refractivity contribution is -0.120. The molecule has 0 aliphatic heterocycles. The molecule has 32 heavy (non-hydrogen) atoms. The second-order valence-electron chi connectivity index (χ2n) is 8.77. The minimum atomic E-state index is -1.21. The van der Waals surface area contributed by atoms with Crippen LogP contribution in [-0.4, -0.2) is 35.3 Å². The van der Waals surface area contributed by atoms with E-state index in [0.29, 0.717) is 6.42 Å². The third-order valence-electron chi connectivity index (χ3n) is 6.71. The maximum atomic E-state index is 13.2. The van der Waals surface area contributed by atoms with Crippen LogP contribution in [0.15, 0.2) is 24.3 Å². The van der Waals surface area contributed by atoms with E-state index in [4.69, 9.17) is 4.74 Å². The molecule has 2 N–H and O–H groups in total. The average molecular weight is 437 g/mol. The van der Waals surface area contributed by atoms with E-state index in [9.17, 15) is 24.3 Å². The molecule has 168 valence electrons. The molecule has 0 saturated heterocycles. The fourth-order valence-electron chi connectivity index (χ4n) is 5.13. The number of carbonyl (C=O) groups excluding carboxylic acids is 3. The highest BCUT2D eigenvalue weighted by Gasteiger charge is 2.27. The van der Waals surface area contributed by atoms with Crippen LogP contribution in [0.5, 0.6) is 5.75 Å². The van der Waals surface area contributed by atoms with Crippen LogP contribution in [0.2, 0.25) is 0 Å². The van der Waals surface area contributed by atoms with E-state index in [0.717, 1.165) is 51.4 Å². The number of rotatable bonds is 8. The number of benzene rings is 2. The third-order valence-corrected chi connectivity index (χ3v) is 6.71. The van der Waals surface area contributed by atoms with Gasteiger partial charge >= 0.3 is 5.97 Å². The summed E-state index contributed by atoms with van der Waals surface area (Å²) in [5.41, 5.74) is 0.353. The zero-order valence-corrected chi connectivity index (χ0v) is 17.9. The Morgan fingerprint density at radius 1 is 0.906 bits per heavy atom. The van der Waals surface area contributed by atoms with Gasteiger partial charge in [-0.25, -0.2) is 4.79 Å². The average Bonchev–Trinajstić information content (AvgIpc) is 3.47. The summed E-state index contributed by atoms with van der Waals surface area (Å²) >= 11 is 0. The first-order valence-electron chi connectivity index (χ1n) is 11.3. The molecular weight excluding hydrogens is 410 g/mol. The van der Waals surface area contributed by atoms with Crippen LogP contribution >= 0.6 is 0 Å². The van der Waals surface area contributed by atoms with Crippen LogP contribution in [0.3, 0.4) is 0 Å². The van der Waals surface area contributed by atoms with Crippen molar-refractivity contribution in [1.29, 1.82) is 0 Å². The topological polar surface area (TPSA) is 110 Å². The van der Waals surface area contributed by atoms with Gasteiger partial charge in [0.15, 0.2) is 5.78 Å². The largest absolute Gasteiger partial charge is 0.478 e. The van der Waals surface area contributed by atoms with Gasteiger partial charge in [0.2, 0.25) is 0 Å². The number of Topliss-reactive ketones (excluding diaryl/α,β-unsaturated/α-hetero) is 1. The highest BCUT2D eigenvalue weighted by molar-refractivity contribution is 6.21. The van der Waals surface area contributed by atoms with Gasteiger partial charge < -0.3 is 15.2 Å². The number of ketones is 1. The number of fused-ring (bicyclic) bond motifs is 1. The molecule has 7 heteroatoms. The molecule has 2 aliphatic carbocycles. The van der Waals surface area contributed by atoms with E-state index in [1.165, 1.54) is 24.3 Å². The molecule has 0 atom stereocenters. The number of ether oxygens (including phenoxy) is 1. The van der Waals surface area contributed by atoms with Crippen molar-refractivity contribution in [1.82, 2.24) is 5.32 Å². The van der Waals surface area contributed by atoms with E-state index < -0.39 is 5.97 Å². The smallest absolute Gasteiger partial charge is 0.336 e. The second kappa shape index (κ2) is 9.51. The standard InChI is InChI=1S/C25H27NO6/c27-14-32-21-12-11-17(20(28)13-15-5-1-2-6-15)22-19(25(30)31)10-9-18(23(21)22)24(29)26-16-7-3-4-8-16/h9-12,14-16H,1-8,13H2,(H,26,29)(H,30,31). The molecule has 0 aromatic heterocycles. The molecule has 4 rings (SSSR count). The predicted octanol–water partition coefficient (Wildman–Crippen LogP) is 4.51. The molecule has 7 nitrogen and oxygen atoms in total. The molecular formula is C25H27NO6. The van der Waals surface area contributed by atoms with E-state index >= 15 is 0 Å². The van der Waals surface area contributed by atoms with Gasteiger partial charge in [-0.1, -0.05) is 38.5 Å². The first-order valence-corrected chi connectivity index (χ1v) is 11.3. The van der Waals surface area contributed by atoms with Gasteiger partial charge in [-0.05, 0) is 43.0 Å². The molecule has 2 aromatic carbocycles. The van der Waals surface area contributed by atoms with Crippen LogP contribution in [0.1, 0.15) is 88.9 Å². The highest BCUT2D eigenvalue weighted by Crippen LogP contribution is 2.37. The maximum Gasteiger partial charge on any atom is 0.336 e. The van der Waals surface area contributed by atoms with Crippen LogP contribution in [0.4, 0.5) is 0 Å². The van der Waals surface area contributed by atoms with Gasteiger partial charge in [0.1, 0.15) is 5.75 Å². The number of amides is 1. The van der Waals surface area contributed by atoms with Gasteiger partial charge in [-0.2, -0.15) is 0 Å². The molecule has 2 aliphatic rings. The van der Waals surface area contributed by atoms with Crippen molar-refractivity contribution in [3.05, 3.63) is 41.0 Å². The Bertz CT molecular complexity index is 1060. The van der Waals surface area contributed by atoms with Crippen molar-refractivity contribution in [2.24, 2.45) is 5.92 Å². The maximum absolute atomic E-state index is 13.2. The van der Waals surface area contributed by atoms with Crippen molar-refractivity contribution in [3.63, 3.8) is 0 Å². The molecule has 0 unspecified atom stereocenters. The second-order valence-corrected chi connectivity index (χ2v) is 8.77. The quantitative estimate of drug-likeness (QED) is 0.464. The summed E-state index contributed by atoms with van der Waals surface area (Å²) < 4.78 is 5.12. The number of carbonyl (C=O) groups is 4. The zero-order chi connectivity index (χ0) is 22.7. The molecule has 0 bridgehead atoms. The Kier molecular flexibility index (Phi) is 6.53. The van der Waals surface area contributed by atoms with Crippen molar-refractivity contribution in [2.75, 3.05) is 0 Å². The summed E-state index contributed by atoms with van der Waals surface area (Å²) in [5.74, 6) is -1.39. The lowest BCUT2D eigenvalue weighted by Gasteiger charge is -2.18. The number of carboxylic acid groups (broad SMARTS) is 1. The number of carboxylic acids is 1. The highest BCUT2D eigenvalue weighted by atomic mass is 16.5. The van der Waals surface area contributed by atoms with E-state index in [-0.39, 0.29) is 63.3 Å². The van der Waals surface area contributed by atoms with Gasteiger partial charge in [-0.15, -0.1) is 0 Å². The fourth-order valence-corrected chi connectivity index (χ4v) is 5.13. The van der Waals surface area contributed by atoms with Crippen LogP contribution in [-0.2, 0) is 4.79 Å². The van der Waals surface area contributed by atoms with Crippen molar-refractivity contribution in [2.45, 2.75) is 63.8 Å². The summed E-state index contributed by atoms with van der Waals surface area (Å²) in [6.45, 7) is 0.237. The number of hydrogen-bond acceptors (Lipinski definition) is 5. The van der Waals surface area contributed by atoms with Crippen LogP contribution in [0, 0.1) is 5.92 Å². The normalized spacial score (nSPS) is 16.9. The number of nitrogens with one attached hydrogen (secondary N) is 1. The van der Waals surface area contributed by atoms with Gasteiger partial charge in [-0.3, -0.25) is 14.4 Å². The van der Waals surface area contributed by atoms with Crippen LogP contribution < -0.4 is 10.1 Å². The molecule has 2 saturated carbocycles. The summed E-state index contributed by atoms with van der Waals surface area (Å²) in [5, 5.41) is 13.2. The number of hydrogen-bond donors (Lipinski definition) is 2. The Morgan fingerprint density at radius 2 is 1.53 bits per heavy atom. The van der Waals surface area contributed by atoms with E-state index in [2.05, 4.69) is 5.32 Å². The SMILES string of the molecule is O=COc1ccc(C(=O)CC2CCCC2)c2c(C(=O)O)ccc(C(=O)NC3CCCC3)c12. The summed E-state index contributed by atoms with van der Waals surface area (Å²) in [6, 6.07) is 5.81. The first kappa shape index (κ1) is 22.0. The van der Waals surface area contributed by atoms with E-state index in [1.807, 2.05) is 0 Å². The number of aromatic carboxylic acids is 1. The van der Waals surface area contributed by atoms with Crippen molar-refractivity contribution < 1.29 is 29.0 Å². The summed E-state index contributed by atoms with van der Waals surface area (Å²) in [4.78, 5) is 49.5. The predicted molar refractivity (Wildman–Crippen MR) is 118 cm³/mol. The summed E-state index contributed by atoms with van der Waals surface area (Å²) in [6.07, 6.45) is 8.35. The molecule has 0 spiro atoms. The minimum Gasteiger partial charge on any atom is -0.478 e. The van der Waals surface area contributed by atoms with Crippen molar-refractivity contribution in [3.8, 4) is 5.75 Å². The Balaban J connectivity index is 1.85. The molecule has 0 heterocycles. The molecule has 0 radical (unpaired) electrons. The Labute approximate surface area is 186 Å². The lowest BCUT2D eigenvalue weighted by Crippen LogP contribution is -2.32. The monoisotopic (exact) mass is 437 g/mol. The summed E-state index contributed by atoms with van der Waals surface area (Å²) in [7, 11) is 0. The first-order chi connectivity index (χ1) is 15.5. The Morgan fingerprint density at radius 3 is 2.19 bits per heavy atom. The van der Waals surface area contributed by atoms with Crippen LogP contribution in [0.25, 0.3) is 10.8 Å². The minimum absolute atomic E-state index is 0.0549. The molecule has 2 aromatic rings. The lowest BCUT2D eigenvalue weighted by atomic mass is 9.89. The van der Waals surface area contributed by atoms with Gasteiger partial charge in [0.05, 0.1) is 11.1 Å². The third kappa shape index (κ3) is 4.38. The van der Waals surface area contributed by atoms with E-state index in [1.54, 1.807) is 0 Å². The van der Waals surface area contributed by atoms with Gasteiger partial charge in [0.25, 0.3) is 12.4 Å². The fraction of sp³-hybridized carbons (Fsp3) is 0.440. The zero-order valence-electron chi connectivity index (χ0n) is 17.9. The molecule has 1 amide bonds. The molecule has 2 fully saturated rings.